The first-order chi connectivity index (χ1) is 15.4. The summed E-state index contributed by atoms with van der Waals surface area (Å²) < 4.78 is 15.5. The fraction of sp³-hybridized carbons (Fsp3) is 0.500. The fourth-order valence-corrected chi connectivity index (χ4v) is 4.22. The van der Waals surface area contributed by atoms with E-state index < -0.39 is 24.1 Å². The minimum atomic E-state index is -0.885. The van der Waals surface area contributed by atoms with Crippen LogP contribution in [0.1, 0.15) is 44.9 Å². The molecule has 1 N–H and O–H groups in total. The van der Waals surface area contributed by atoms with E-state index in [2.05, 4.69) is 22.4 Å². The van der Waals surface area contributed by atoms with Crippen molar-refractivity contribution in [3.8, 4) is 17.2 Å². The van der Waals surface area contributed by atoms with Gasteiger partial charge in [-0.1, -0.05) is 18.5 Å². The molecule has 2 aromatic rings. The quantitative estimate of drug-likeness (QED) is 0.513. The predicted molar refractivity (Wildman–Crippen MR) is 111 cm³/mol. The minimum Gasteiger partial charge on any atom is -0.497 e. The maximum Gasteiger partial charge on any atom is 0.326 e. The van der Waals surface area contributed by atoms with E-state index in [-0.39, 0.29) is 24.2 Å². The lowest BCUT2D eigenvalue weighted by Gasteiger charge is -2.34. The van der Waals surface area contributed by atoms with Crippen molar-refractivity contribution >= 4 is 17.9 Å². The summed E-state index contributed by atoms with van der Waals surface area (Å²) in [5.74, 6) is 0.650. The number of imide groups is 1. The Morgan fingerprint density at radius 2 is 1.97 bits per heavy atom. The largest absolute Gasteiger partial charge is 0.497 e. The normalized spacial score (nSPS) is 22.8. The fourth-order valence-electron chi connectivity index (χ4n) is 4.22. The molecule has 2 heterocycles. The first kappa shape index (κ1) is 21.8. The van der Waals surface area contributed by atoms with E-state index in [1.54, 1.807) is 31.4 Å². The van der Waals surface area contributed by atoms with Gasteiger partial charge in [0.1, 0.15) is 17.8 Å². The molecule has 1 spiro atoms. The molecule has 1 saturated heterocycles. The van der Waals surface area contributed by atoms with Crippen molar-refractivity contribution in [1.29, 1.82) is 0 Å². The van der Waals surface area contributed by atoms with Crippen LogP contribution < -0.4 is 10.1 Å². The molecule has 170 valence electrons. The van der Waals surface area contributed by atoms with E-state index in [9.17, 15) is 14.4 Å². The van der Waals surface area contributed by atoms with Gasteiger partial charge < -0.3 is 19.3 Å². The Labute approximate surface area is 185 Å². The van der Waals surface area contributed by atoms with Gasteiger partial charge in [0.25, 0.3) is 11.8 Å². The third kappa shape index (κ3) is 4.30. The number of rotatable bonds is 7. The molecule has 1 aromatic carbocycles. The zero-order valence-corrected chi connectivity index (χ0v) is 18.1. The highest BCUT2D eigenvalue weighted by molar-refractivity contribution is 6.08. The van der Waals surface area contributed by atoms with Gasteiger partial charge in [-0.2, -0.15) is 4.98 Å². The van der Waals surface area contributed by atoms with E-state index in [4.69, 9.17) is 14.0 Å². The van der Waals surface area contributed by atoms with Crippen LogP contribution >= 0.6 is 0 Å². The summed E-state index contributed by atoms with van der Waals surface area (Å²) in [6.07, 6.45) is 4.02. The molecule has 4 rings (SSSR count). The number of hydrogen-bond donors (Lipinski definition) is 1. The zero-order valence-electron chi connectivity index (χ0n) is 18.1. The predicted octanol–water partition coefficient (Wildman–Crippen LogP) is 2.68. The average Bonchev–Trinajstić information content (AvgIpc) is 3.37. The molecule has 1 aliphatic carbocycles. The van der Waals surface area contributed by atoms with Crippen molar-refractivity contribution in [3.63, 3.8) is 0 Å². The number of nitrogens with one attached hydrogen (secondary N) is 1. The highest BCUT2D eigenvalue weighted by Crippen LogP contribution is 2.37. The van der Waals surface area contributed by atoms with Gasteiger partial charge in [0.2, 0.25) is 5.82 Å². The molecule has 0 unspecified atom stereocenters. The Bertz CT molecular complexity index is 994. The maximum atomic E-state index is 12.9. The van der Waals surface area contributed by atoms with Gasteiger partial charge in [-0.05, 0) is 55.9 Å². The second kappa shape index (κ2) is 8.97. The molecular weight excluding hydrogens is 416 g/mol. The van der Waals surface area contributed by atoms with E-state index in [1.807, 2.05) is 0 Å². The van der Waals surface area contributed by atoms with Crippen LogP contribution in [0.3, 0.4) is 0 Å². The van der Waals surface area contributed by atoms with Crippen molar-refractivity contribution in [3.05, 3.63) is 30.1 Å². The van der Waals surface area contributed by atoms with Crippen LogP contribution in [-0.2, 0) is 20.9 Å². The number of urea groups is 1. The Kier molecular flexibility index (Phi) is 6.11. The van der Waals surface area contributed by atoms with Gasteiger partial charge in [0.15, 0.2) is 6.61 Å². The van der Waals surface area contributed by atoms with Crippen LogP contribution in [0, 0.1) is 5.92 Å². The number of ether oxygens (including phenoxy) is 2. The van der Waals surface area contributed by atoms with Crippen molar-refractivity contribution in [2.75, 3.05) is 13.7 Å². The van der Waals surface area contributed by atoms with Gasteiger partial charge in [-0.3, -0.25) is 14.5 Å². The highest BCUT2D eigenvalue weighted by atomic mass is 16.5. The van der Waals surface area contributed by atoms with E-state index in [0.29, 0.717) is 30.1 Å². The number of benzene rings is 1. The number of carbonyl (C=O) groups excluding carboxylic acids is 3. The van der Waals surface area contributed by atoms with Crippen LogP contribution in [0.15, 0.2) is 28.8 Å². The monoisotopic (exact) mass is 442 g/mol. The van der Waals surface area contributed by atoms with Crippen LogP contribution in [0.2, 0.25) is 0 Å². The molecule has 1 aliphatic heterocycles. The number of aromatic nitrogens is 2. The Hall–Kier alpha value is -3.43. The first-order valence-corrected chi connectivity index (χ1v) is 10.7. The van der Waals surface area contributed by atoms with Crippen molar-refractivity contribution in [1.82, 2.24) is 20.4 Å². The molecule has 3 amide bonds. The Balaban J connectivity index is 1.31. The number of nitrogens with zero attached hydrogens (tertiary/aromatic N) is 3. The minimum absolute atomic E-state index is 0.177. The van der Waals surface area contributed by atoms with Crippen LogP contribution in [0.5, 0.6) is 5.75 Å². The number of carbonyl (C=O) groups is 3. The maximum absolute atomic E-state index is 12.9. The Morgan fingerprint density at radius 1 is 1.25 bits per heavy atom. The number of esters is 1. The summed E-state index contributed by atoms with van der Waals surface area (Å²) >= 11 is 0. The summed E-state index contributed by atoms with van der Waals surface area (Å²) in [6.45, 7) is 1.45. The molecule has 0 bridgehead atoms. The second-order valence-electron chi connectivity index (χ2n) is 8.16. The molecule has 32 heavy (non-hydrogen) atoms. The third-order valence-electron chi connectivity index (χ3n) is 6.24. The second-order valence-corrected chi connectivity index (χ2v) is 8.16. The molecule has 0 radical (unpaired) electrons. The molecular formula is C22H26N4O6. The van der Waals surface area contributed by atoms with Crippen LogP contribution in [0.25, 0.3) is 11.5 Å². The Morgan fingerprint density at radius 3 is 2.62 bits per heavy atom. The van der Waals surface area contributed by atoms with Gasteiger partial charge in [-0.15, -0.1) is 0 Å². The summed E-state index contributed by atoms with van der Waals surface area (Å²) in [5.41, 5.74) is -0.192. The van der Waals surface area contributed by atoms with E-state index in [0.717, 1.165) is 24.2 Å². The SMILES string of the molecule is CCC1CCC2(CC1)NC(=O)N(CC(=O)OCc1noc(-c3ccc(OC)cc3)n1)C2=O. The average molecular weight is 442 g/mol. The van der Waals surface area contributed by atoms with E-state index >= 15 is 0 Å². The summed E-state index contributed by atoms with van der Waals surface area (Å²) in [4.78, 5) is 42.7. The molecule has 10 nitrogen and oxygen atoms in total. The van der Waals surface area contributed by atoms with Gasteiger partial charge in [-0.25, -0.2) is 4.79 Å². The molecule has 1 saturated carbocycles. The van der Waals surface area contributed by atoms with Gasteiger partial charge >= 0.3 is 12.0 Å². The van der Waals surface area contributed by atoms with Crippen molar-refractivity contribution < 1.29 is 28.4 Å². The molecule has 2 aliphatic rings. The lowest BCUT2D eigenvalue weighted by atomic mass is 9.75. The lowest BCUT2D eigenvalue weighted by Crippen LogP contribution is -2.49. The van der Waals surface area contributed by atoms with E-state index in [1.165, 1.54) is 0 Å². The number of amides is 3. The smallest absolute Gasteiger partial charge is 0.326 e. The summed E-state index contributed by atoms with van der Waals surface area (Å²) in [7, 11) is 1.57. The zero-order chi connectivity index (χ0) is 22.7. The van der Waals surface area contributed by atoms with Crippen LogP contribution in [0.4, 0.5) is 4.79 Å². The highest BCUT2D eigenvalue weighted by Gasteiger charge is 2.52. The third-order valence-corrected chi connectivity index (χ3v) is 6.24. The molecule has 1 aromatic heterocycles. The standard InChI is InChI=1S/C22H26N4O6/c1-3-14-8-10-22(11-9-14)20(28)26(21(29)24-22)12-18(27)31-13-17-23-19(32-25-17)15-4-6-16(30-2)7-5-15/h4-7,14H,3,8-13H2,1-2H3,(H,24,29). The van der Waals surface area contributed by atoms with Crippen LogP contribution in [-0.4, -0.2) is 52.1 Å². The molecule has 2 fully saturated rings. The number of hydrogen-bond acceptors (Lipinski definition) is 8. The van der Waals surface area contributed by atoms with Crippen molar-refractivity contribution in [2.45, 2.75) is 51.2 Å². The van der Waals surface area contributed by atoms with Gasteiger partial charge in [0.05, 0.1) is 7.11 Å². The topological polar surface area (TPSA) is 124 Å². The molecule has 0 atom stereocenters. The van der Waals surface area contributed by atoms with Crippen molar-refractivity contribution in [2.24, 2.45) is 5.92 Å². The summed E-state index contributed by atoms with van der Waals surface area (Å²) in [6, 6.07) is 6.51. The van der Waals surface area contributed by atoms with Gasteiger partial charge in [0, 0.05) is 5.56 Å². The number of methoxy groups -OCH3 is 1. The molecule has 10 heteroatoms. The first-order valence-electron chi connectivity index (χ1n) is 10.7. The summed E-state index contributed by atoms with van der Waals surface area (Å²) in [5, 5.41) is 6.60. The lowest BCUT2D eigenvalue weighted by molar-refractivity contribution is -0.149.